The second-order valence-electron chi connectivity index (χ2n) is 3.39. The Morgan fingerprint density at radius 1 is 1.53 bits per heavy atom. The van der Waals surface area contributed by atoms with Gasteiger partial charge in [0.25, 0.3) is 0 Å². The zero-order chi connectivity index (χ0) is 12.8. The maximum Gasteiger partial charge on any atom is 0.165 e. The molecule has 2 rings (SSSR count). The zero-order valence-corrected chi connectivity index (χ0v) is 11.3. The van der Waals surface area contributed by atoms with Crippen LogP contribution >= 0.6 is 15.9 Å². The van der Waals surface area contributed by atoms with Crippen LogP contribution in [0.4, 0.5) is 5.82 Å². The molecule has 0 radical (unpaired) electrons. The smallest absolute Gasteiger partial charge is 0.165 e. The van der Waals surface area contributed by atoms with E-state index in [9.17, 15) is 0 Å². The predicted molar refractivity (Wildman–Crippen MR) is 70.6 cm³/mol. The Hall–Kier alpha value is -1.56. The highest BCUT2D eigenvalue weighted by Gasteiger charge is 1.95. The van der Waals surface area contributed by atoms with Gasteiger partial charge in [0.2, 0.25) is 0 Å². The van der Waals surface area contributed by atoms with E-state index in [4.69, 9.17) is 10.8 Å². The number of halogens is 1. The summed E-state index contributed by atoms with van der Waals surface area (Å²) in [6.45, 7) is 2.10. The van der Waals surface area contributed by atoms with Gasteiger partial charge in [-0.2, -0.15) is 5.10 Å². The van der Waals surface area contributed by atoms with Crippen LogP contribution in [-0.2, 0) is 13.5 Å². The molecule has 6 heteroatoms. The summed E-state index contributed by atoms with van der Waals surface area (Å²) in [6, 6.07) is 3.52. The van der Waals surface area contributed by atoms with E-state index in [0.717, 1.165) is 12.1 Å². The molecule has 0 saturated carbocycles. The van der Waals surface area contributed by atoms with Gasteiger partial charge in [-0.15, -0.1) is 0 Å². The van der Waals surface area contributed by atoms with E-state index in [-0.39, 0.29) is 11.6 Å². The highest BCUT2D eigenvalue weighted by Crippen LogP contribution is 2.20. The topological polar surface area (TPSA) is 77.0 Å². The summed E-state index contributed by atoms with van der Waals surface area (Å²) in [5.74, 6) is 0.155. The van der Waals surface area contributed by atoms with Gasteiger partial charge in [-0.05, 0) is 34.5 Å². The predicted octanol–water partition coefficient (Wildman–Crippen LogP) is 2.11. The second kappa shape index (κ2) is 6.24. The molecular weight excluding hydrogens is 284 g/mol. The van der Waals surface area contributed by atoms with E-state index in [2.05, 4.69) is 32.9 Å². The molecule has 2 heterocycles. The average molecular weight is 299 g/mol. The van der Waals surface area contributed by atoms with Gasteiger partial charge in [-0.3, -0.25) is 4.68 Å². The van der Waals surface area contributed by atoms with Crippen molar-refractivity contribution in [2.75, 3.05) is 5.73 Å². The second-order valence-corrected chi connectivity index (χ2v) is 4.31. The molecule has 3 N–H and O–H groups in total. The Morgan fingerprint density at radius 3 is 2.59 bits per heavy atom. The first-order chi connectivity index (χ1) is 8.02. The summed E-state index contributed by atoms with van der Waals surface area (Å²) >= 11 is 3.12. The Balaban J connectivity index is 0.000000171. The molecular formula is C11H15BrN4O. The number of pyridine rings is 1. The highest BCUT2D eigenvalue weighted by atomic mass is 79.9. The van der Waals surface area contributed by atoms with Gasteiger partial charge in [-0.25, -0.2) is 4.98 Å². The van der Waals surface area contributed by atoms with Crippen LogP contribution in [0.25, 0.3) is 0 Å². The third kappa shape index (κ3) is 4.44. The van der Waals surface area contributed by atoms with Crippen molar-refractivity contribution in [2.45, 2.75) is 13.3 Å². The lowest BCUT2D eigenvalue weighted by Crippen LogP contribution is -1.88. The van der Waals surface area contributed by atoms with Gasteiger partial charge in [-0.1, -0.05) is 6.92 Å². The minimum atomic E-state index is 0.00405. The summed E-state index contributed by atoms with van der Waals surface area (Å²) in [5, 5.41) is 13.0. The van der Waals surface area contributed by atoms with Crippen LogP contribution in [-0.4, -0.2) is 19.9 Å². The molecule has 2 aromatic rings. The van der Waals surface area contributed by atoms with Crippen LogP contribution < -0.4 is 5.73 Å². The first-order valence-electron chi connectivity index (χ1n) is 5.11. The largest absolute Gasteiger partial charge is 0.504 e. The summed E-state index contributed by atoms with van der Waals surface area (Å²) in [7, 11) is 1.93. The average Bonchev–Trinajstić information content (AvgIpc) is 2.71. The molecule has 0 aliphatic heterocycles. The van der Waals surface area contributed by atoms with Gasteiger partial charge in [0.1, 0.15) is 0 Å². The SMILES string of the molecule is CCc1ccn(C)n1.Nc1ncc(Br)cc1O. The van der Waals surface area contributed by atoms with Crippen LogP contribution in [0.3, 0.4) is 0 Å². The minimum Gasteiger partial charge on any atom is -0.504 e. The molecule has 0 fully saturated rings. The lowest BCUT2D eigenvalue weighted by atomic mass is 10.4. The molecule has 5 nitrogen and oxygen atoms in total. The van der Waals surface area contributed by atoms with Crippen molar-refractivity contribution in [2.24, 2.45) is 7.05 Å². The Kier molecular flexibility index (Phi) is 4.96. The Labute approximate surface area is 108 Å². The third-order valence-electron chi connectivity index (χ3n) is 2.00. The fourth-order valence-electron chi connectivity index (χ4n) is 1.09. The van der Waals surface area contributed by atoms with Crippen molar-refractivity contribution in [1.29, 1.82) is 0 Å². The fraction of sp³-hybridized carbons (Fsp3) is 0.273. The molecule has 0 amide bonds. The number of aryl methyl sites for hydroxylation is 2. The zero-order valence-electron chi connectivity index (χ0n) is 9.76. The summed E-state index contributed by atoms with van der Waals surface area (Å²) < 4.78 is 2.54. The third-order valence-corrected chi connectivity index (χ3v) is 2.43. The normalized spacial score (nSPS) is 9.59. The maximum atomic E-state index is 8.88. The summed E-state index contributed by atoms with van der Waals surface area (Å²) in [4.78, 5) is 3.66. The van der Waals surface area contributed by atoms with E-state index < -0.39 is 0 Å². The molecule has 2 aromatic heterocycles. The van der Waals surface area contributed by atoms with Crippen molar-refractivity contribution in [3.8, 4) is 5.75 Å². The molecule has 0 saturated heterocycles. The van der Waals surface area contributed by atoms with Gasteiger partial charge in [0.15, 0.2) is 11.6 Å². The number of anilines is 1. The Morgan fingerprint density at radius 2 is 2.24 bits per heavy atom. The van der Waals surface area contributed by atoms with E-state index in [1.165, 1.54) is 12.3 Å². The van der Waals surface area contributed by atoms with Gasteiger partial charge < -0.3 is 10.8 Å². The minimum absolute atomic E-state index is 0.00405. The quantitative estimate of drug-likeness (QED) is 0.845. The highest BCUT2D eigenvalue weighted by molar-refractivity contribution is 9.10. The first kappa shape index (κ1) is 13.5. The van der Waals surface area contributed by atoms with E-state index in [1.807, 2.05) is 24.0 Å². The molecule has 0 spiro atoms. The van der Waals surface area contributed by atoms with Gasteiger partial charge in [0.05, 0.1) is 5.69 Å². The van der Waals surface area contributed by atoms with E-state index in [0.29, 0.717) is 4.47 Å². The van der Waals surface area contributed by atoms with Crippen LogP contribution in [0.15, 0.2) is 29.0 Å². The lowest BCUT2D eigenvalue weighted by Gasteiger charge is -1.94. The maximum absolute atomic E-state index is 8.88. The number of nitrogen functional groups attached to an aromatic ring is 1. The fourth-order valence-corrected chi connectivity index (χ4v) is 1.41. The van der Waals surface area contributed by atoms with Crippen molar-refractivity contribution in [1.82, 2.24) is 14.8 Å². The summed E-state index contributed by atoms with van der Waals surface area (Å²) in [5.41, 5.74) is 6.37. The number of aromatic hydroxyl groups is 1. The number of nitrogens with two attached hydrogens (primary N) is 1. The lowest BCUT2D eigenvalue weighted by molar-refractivity contribution is 0.475. The van der Waals surface area contributed by atoms with Crippen molar-refractivity contribution in [3.05, 3.63) is 34.7 Å². The van der Waals surface area contributed by atoms with Gasteiger partial charge >= 0.3 is 0 Å². The molecule has 92 valence electrons. The summed E-state index contributed by atoms with van der Waals surface area (Å²) in [6.07, 6.45) is 4.51. The van der Waals surface area contributed by atoms with Crippen molar-refractivity contribution < 1.29 is 5.11 Å². The number of aromatic nitrogens is 3. The van der Waals surface area contributed by atoms with Crippen molar-refractivity contribution >= 4 is 21.7 Å². The van der Waals surface area contributed by atoms with Crippen LogP contribution in [0.5, 0.6) is 5.75 Å². The van der Waals surface area contributed by atoms with Crippen LogP contribution in [0, 0.1) is 0 Å². The number of nitrogens with zero attached hydrogens (tertiary/aromatic N) is 3. The Bertz CT molecular complexity index is 484. The molecule has 0 atom stereocenters. The molecule has 0 aromatic carbocycles. The number of hydrogen-bond donors (Lipinski definition) is 2. The molecule has 0 aliphatic carbocycles. The monoisotopic (exact) mass is 298 g/mol. The number of rotatable bonds is 1. The van der Waals surface area contributed by atoms with Crippen molar-refractivity contribution in [3.63, 3.8) is 0 Å². The number of hydrogen-bond acceptors (Lipinski definition) is 4. The van der Waals surface area contributed by atoms with E-state index >= 15 is 0 Å². The molecule has 0 aliphatic rings. The molecule has 17 heavy (non-hydrogen) atoms. The van der Waals surface area contributed by atoms with Crippen LogP contribution in [0.1, 0.15) is 12.6 Å². The molecule has 0 bridgehead atoms. The first-order valence-corrected chi connectivity index (χ1v) is 5.90. The molecule has 0 unspecified atom stereocenters. The van der Waals surface area contributed by atoms with Crippen LogP contribution in [0.2, 0.25) is 0 Å². The standard InChI is InChI=1S/C6H10N2.C5H5BrN2O/c1-3-6-4-5-8(2)7-6;6-3-1-4(9)5(7)8-2-3/h4-5H,3H2,1-2H3;1-2,9H,(H2,7,8). The van der Waals surface area contributed by atoms with Gasteiger partial charge in [0, 0.05) is 23.9 Å². The van der Waals surface area contributed by atoms with E-state index in [1.54, 1.807) is 0 Å².